The Kier molecular flexibility index (Phi) is 5.50. The van der Waals surface area contributed by atoms with Crippen molar-refractivity contribution in [2.45, 2.75) is 18.0 Å². The summed E-state index contributed by atoms with van der Waals surface area (Å²) in [5.41, 5.74) is -2.84. The number of sulfone groups is 1. The molecule has 4 rings (SSSR count). The first-order valence-electron chi connectivity index (χ1n) is 9.40. The zero-order chi connectivity index (χ0) is 25.0. The number of fused-ring (bicyclic) bond motifs is 1. The van der Waals surface area contributed by atoms with Gasteiger partial charge in [-0.05, 0) is 35.9 Å². The predicted molar refractivity (Wildman–Crippen MR) is 107 cm³/mol. The highest BCUT2D eigenvalue weighted by Crippen LogP contribution is 2.30. The number of halogens is 6. The number of alkyl halides is 3. The van der Waals surface area contributed by atoms with Crippen LogP contribution >= 0.6 is 0 Å². The fraction of sp³-hybridized carbons (Fsp3) is 0.150. The standard InChI is InChI=1S/C20H12F6N4O3S/c1-2-34(32,33)15-7-11(10-5-13(21)17(23)14(22)6-10)8-27-18(15)30-19(31)29-9-12(20(24,25)26)3-4-16(29)28-30/h3-9H,2H2,1H3. The topological polar surface area (TPSA) is 86.3 Å². The maximum Gasteiger partial charge on any atom is 0.417 e. The minimum atomic E-state index is -4.74. The third kappa shape index (κ3) is 3.93. The van der Waals surface area contributed by atoms with E-state index in [0.717, 1.165) is 18.3 Å². The number of rotatable bonds is 4. The van der Waals surface area contributed by atoms with Crippen LogP contribution in [0.25, 0.3) is 22.6 Å². The highest BCUT2D eigenvalue weighted by molar-refractivity contribution is 7.91. The van der Waals surface area contributed by atoms with Crippen LogP contribution in [0.15, 0.2) is 52.4 Å². The summed E-state index contributed by atoms with van der Waals surface area (Å²) in [5, 5.41) is 3.86. The summed E-state index contributed by atoms with van der Waals surface area (Å²) < 4.78 is 106. The SMILES string of the molecule is CCS(=O)(=O)c1cc(-c2cc(F)c(F)c(F)c2)cnc1-n1nc2ccc(C(F)(F)F)cn2c1=O. The number of aromatic nitrogens is 4. The van der Waals surface area contributed by atoms with Gasteiger partial charge >= 0.3 is 11.9 Å². The summed E-state index contributed by atoms with van der Waals surface area (Å²) in [5.74, 6) is -5.76. The van der Waals surface area contributed by atoms with Gasteiger partial charge in [-0.3, -0.25) is 0 Å². The van der Waals surface area contributed by atoms with Crippen molar-refractivity contribution in [2.24, 2.45) is 0 Å². The van der Waals surface area contributed by atoms with E-state index in [2.05, 4.69) is 10.1 Å². The minimum absolute atomic E-state index is 0.121. The molecule has 3 aromatic heterocycles. The summed E-state index contributed by atoms with van der Waals surface area (Å²) in [6, 6.07) is 3.85. The van der Waals surface area contributed by atoms with Gasteiger partial charge in [0.15, 0.2) is 38.8 Å². The lowest BCUT2D eigenvalue weighted by atomic mass is 10.1. The molecule has 0 bridgehead atoms. The largest absolute Gasteiger partial charge is 0.417 e. The molecular weight excluding hydrogens is 490 g/mol. The Balaban J connectivity index is 1.96. The Morgan fingerprint density at radius 1 is 1.00 bits per heavy atom. The molecule has 0 aliphatic carbocycles. The molecule has 0 unspecified atom stereocenters. The van der Waals surface area contributed by atoms with Gasteiger partial charge in [0.05, 0.1) is 11.3 Å². The van der Waals surface area contributed by atoms with Crippen molar-refractivity contribution >= 4 is 15.5 Å². The number of hydrogen-bond donors (Lipinski definition) is 0. The van der Waals surface area contributed by atoms with E-state index in [9.17, 15) is 39.6 Å². The lowest BCUT2D eigenvalue weighted by molar-refractivity contribution is -0.137. The van der Waals surface area contributed by atoms with Crippen LogP contribution in [-0.2, 0) is 16.0 Å². The van der Waals surface area contributed by atoms with Crippen molar-refractivity contribution in [3.05, 3.63) is 76.2 Å². The van der Waals surface area contributed by atoms with E-state index in [0.29, 0.717) is 33.5 Å². The quantitative estimate of drug-likeness (QED) is 0.313. The fourth-order valence-electron chi connectivity index (χ4n) is 3.14. The maximum absolute atomic E-state index is 13.7. The van der Waals surface area contributed by atoms with Gasteiger partial charge < -0.3 is 0 Å². The molecule has 14 heteroatoms. The lowest BCUT2D eigenvalue weighted by Gasteiger charge is -2.11. The van der Waals surface area contributed by atoms with Crippen LogP contribution in [0.1, 0.15) is 12.5 Å². The van der Waals surface area contributed by atoms with Gasteiger partial charge in [0.25, 0.3) is 0 Å². The monoisotopic (exact) mass is 502 g/mol. The van der Waals surface area contributed by atoms with E-state index in [4.69, 9.17) is 0 Å². The normalized spacial score (nSPS) is 12.4. The molecule has 0 spiro atoms. The molecule has 0 N–H and O–H groups in total. The molecule has 3 heterocycles. The van der Waals surface area contributed by atoms with E-state index >= 15 is 0 Å². The van der Waals surface area contributed by atoms with Crippen LogP contribution in [0.5, 0.6) is 0 Å². The molecule has 0 radical (unpaired) electrons. The number of benzene rings is 1. The maximum atomic E-state index is 13.7. The summed E-state index contributed by atoms with van der Waals surface area (Å²) in [6.07, 6.45) is -3.27. The van der Waals surface area contributed by atoms with Crippen LogP contribution < -0.4 is 5.69 Å². The zero-order valence-corrected chi connectivity index (χ0v) is 17.8. The van der Waals surface area contributed by atoms with Crippen molar-refractivity contribution in [1.29, 1.82) is 0 Å². The predicted octanol–water partition coefficient (Wildman–Crippen LogP) is 3.78. The summed E-state index contributed by atoms with van der Waals surface area (Å²) in [7, 11) is -4.13. The number of nitrogens with zero attached hydrogens (tertiary/aromatic N) is 4. The molecule has 0 amide bonds. The molecule has 1 aromatic carbocycles. The molecule has 178 valence electrons. The Morgan fingerprint density at radius 3 is 2.24 bits per heavy atom. The van der Waals surface area contributed by atoms with Crippen LogP contribution in [0.4, 0.5) is 26.3 Å². The molecule has 0 saturated heterocycles. The van der Waals surface area contributed by atoms with Crippen LogP contribution in [0.3, 0.4) is 0 Å². The third-order valence-electron chi connectivity index (χ3n) is 4.91. The summed E-state index contributed by atoms with van der Waals surface area (Å²) in [6.45, 7) is 1.28. The second kappa shape index (κ2) is 7.97. The molecule has 0 atom stereocenters. The highest BCUT2D eigenvalue weighted by atomic mass is 32.2. The van der Waals surface area contributed by atoms with Crippen molar-refractivity contribution in [3.63, 3.8) is 0 Å². The Hall–Kier alpha value is -3.68. The number of hydrogen-bond acceptors (Lipinski definition) is 5. The zero-order valence-electron chi connectivity index (χ0n) is 16.9. The molecule has 7 nitrogen and oxygen atoms in total. The average molecular weight is 502 g/mol. The Morgan fingerprint density at radius 2 is 1.65 bits per heavy atom. The molecule has 0 saturated carbocycles. The van der Waals surface area contributed by atoms with Crippen molar-refractivity contribution < 1.29 is 34.8 Å². The van der Waals surface area contributed by atoms with Crippen molar-refractivity contribution in [3.8, 4) is 16.9 Å². The fourth-order valence-corrected chi connectivity index (χ4v) is 4.18. The summed E-state index contributed by atoms with van der Waals surface area (Å²) >= 11 is 0. The molecule has 4 aromatic rings. The van der Waals surface area contributed by atoms with Gasteiger partial charge in [-0.25, -0.2) is 35.8 Å². The van der Waals surface area contributed by atoms with Gasteiger partial charge in [-0.2, -0.15) is 17.9 Å². The highest BCUT2D eigenvalue weighted by Gasteiger charge is 2.32. The summed E-state index contributed by atoms with van der Waals surface area (Å²) in [4.78, 5) is 16.1. The first kappa shape index (κ1) is 23.5. The van der Waals surface area contributed by atoms with Gasteiger partial charge in [-0.15, -0.1) is 5.10 Å². The Bertz CT molecular complexity index is 1590. The number of pyridine rings is 2. The first-order chi connectivity index (χ1) is 15.8. The Labute approximate surface area is 186 Å². The second-order valence-electron chi connectivity index (χ2n) is 7.04. The second-order valence-corrected chi connectivity index (χ2v) is 9.29. The molecule has 0 fully saturated rings. The average Bonchev–Trinajstić information content (AvgIpc) is 3.12. The van der Waals surface area contributed by atoms with E-state index < -0.39 is 61.2 Å². The smallest absolute Gasteiger partial charge is 0.249 e. The molecule has 34 heavy (non-hydrogen) atoms. The van der Waals surface area contributed by atoms with Crippen LogP contribution in [0.2, 0.25) is 0 Å². The first-order valence-corrected chi connectivity index (χ1v) is 11.1. The lowest BCUT2D eigenvalue weighted by Crippen LogP contribution is -2.23. The van der Waals surface area contributed by atoms with Crippen molar-refractivity contribution in [1.82, 2.24) is 19.2 Å². The van der Waals surface area contributed by atoms with Gasteiger partial charge in [-0.1, -0.05) is 6.92 Å². The van der Waals surface area contributed by atoms with Gasteiger partial charge in [0.2, 0.25) is 0 Å². The molecule has 0 aliphatic rings. The van der Waals surface area contributed by atoms with E-state index in [-0.39, 0.29) is 16.8 Å². The van der Waals surface area contributed by atoms with Crippen LogP contribution in [-0.4, -0.2) is 33.3 Å². The van der Waals surface area contributed by atoms with E-state index in [1.54, 1.807) is 0 Å². The van der Waals surface area contributed by atoms with E-state index in [1.165, 1.54) is 6.92 Å². The third-order valence-corrected chi connectivity index (χ3v) is 6.64. The van der Waals surface area contributed by atoms with Crippen molar-refractivity contribution in [2.75, 3.05) is 5.75 Å². The van der Waals surface area contributed by atoms with E-state index in [1.807, 2.05) is 0 Å². The molecular formula is C20H12F6N4O3S. The van der Waals surface area contributed by atoms with Gasteiger partial charge in [0.1, 0.15) is 4.90 Å². The minimum Gasteiger partial charge on any atom is -0.249 e. The molecule has 0 aliphatic heterocycles. The van der Waals surface area contributed by atoms with Gasteiger partial charge in [0, 0.05) is 18.0 Å². The van der Waals surface area contributed by atoms with Crippen LogP contribution in [0, 0.1) is 17.5 Å².